The third-order valence-electron chi connectivity index (χ3n) is 4.65. The highest BCUT2D eigenvalue weighted by Crippen LogP contribution is 2.27. The van der Waals surface area contributed by atoms with E-state index < -0.39 is 14.9 Å². The van der Waals surface area contributed by atoms with Gasteiger partial charge >= 0.3 is 0 Å². The number of benzene rings is 1. The summed E-state index contributed by atoms with van der Waals surface area (Å²) >= 11 is 0. The summed E-state index contributed by atoms with van der Waals surface area (Å²) in [5, 5.41) is 14.5. The summed E-state index contributed by atoms with van der Waals surface area (Å²) in [4.78, 5) is 14.9. The zero-order valence-electron chi connectivity index (χ0n) is 17.1. The monoisotopic (exact) mass is 429 g/mol. The topological polar surface area (TPSA) is 117 Å². The number of ether oxygens (including phenoxy) is 1. The molecule has 0 aliphatic carbocycles. The molecule has 0 aromatic heterocycles. The SMILES string of the molecule is CN(C)CCNS(=O)(=O)c1ccc(NCCCCN2CCOCC2)c([N+](=O)[O-])c1. The summed E-state index contributed by atoms with van der Waals surface area (Å²) in [7, 11) is -0.127. The summed E-state index contributed by atoms with van der Waals surface area (Å²) in [6.07, 6.45) is 1.84. The van der Waals surface area contributed by atoms with Crippen LogP contribution in [0.4, 0.5) is 11.4 Å². The van der Waals surface area contributed by atoms with Crippen LogP contribution in [0.2, 0.25) is 0 Å². The van der Waals surface area contributed by atoms with Crippen molar-refractivity contribution in [2.24, 2.45) is 0 Å². The van der Waals surface area contributed by atoms with Gasteiger partial charge in [0.2, 0.25) is 10.0 Å². The molecule has 1 aliphatic heterocycles. The van der Waals surface area contributed by atoms with Gasteiger partial charge in [0.25, 0.3) is 5.69 Å². The van der Waals surface area contributed by atoms with Gasteiger partial charge in [-0.25, -0.2) is 13.1 Å². The molecular weight excluding hydrogens is 398 g/mol. The molecule has 1 heterocycles. The van der Waals surface area contributed by atoms with Crippen molar-refractivity contribution in [3.63, 3.8) is 0 Å². The Kier molecular flexibility index (Phi) is 9.24. The minimum atomic E-state index is -3.79. The molecule has 11 heteroatoms. The Morgan fingerprint density at radius 1 is 1.21 bits per heavy atom. The summed E-state index contributed by atoms with van der Waals surface area (Å²) in [5.74, 6) is 0. The lowest BCUT2D eigenvalue weighted by Gasteiger charge is -2.26. The van der Waals surface area contributed by atoms with Gasteiger partial charge in [-0.3, -0.25) is 15.0 Å². The van der Waals surface area contributed by atoms with Gasteiger partial charge in [-0.15, -0.1) is 0 Å². The summed E-state index contributed by atoms with van der Waals surface area (Å²) in [6, 6.07) is 3.95. The highest BCUT2D eigenvalue weighted by Gasteiger charge is 2.21. The molecule has 0 atom stereocenters. The predicted octanol–water partition coefficient (Wildman–Crippen LogP) is 0.959. The lowest BCUT2D eigenvalue weighted by molar-refractivity contribution is -0.384. The van der Waals surface area contributed by atoms with Crippen molar-refractivity contribution in [3.8, 4) is 0 Å². The van der Waals surface area contributed by atoms with Crippen LogP contribution in [0.25, 0.3) is 0 Å². The van der Waals surface area contributed by atoms with E-state index in [0.29, 0.717) is 18.8 Å². The van der Waals surface area contributed by atoms with Crippen LogP contribution in [0.5, 0.6) is 0 Å². The van der Waals surface area contributed by atoms with E-state index in [1.807, 2.05) is 19.0 Å². The lowest BCUT2D eigenvalue weighted by atomic mass is 10.2. The number of nitro benzene ring substituents is 1. The molecule has 0 saturated carbocycles. The molecule has 10 nitrogen and oxygen atoms in total. The van der Waals surface area contributed by atoms with Crippen LogP contribution < -0.4 is 10.0 Å². The third kappa shape index (κ3) is 7.86. The van der Waals surface area contributed by atoms with Gasteiger partial charge in [0.05, 0.1) is 23.0 Å². The van der Waals surface area contributed by atoms with Gasteiger partial charge in [-0.1, -0.05) is 0 Å². The molecule has 1 fully saturated rings. The van der Waals surface area contributed by atoms with Crippen LogP contribution >= 0.6 is 0 Å². The molecule has 164 valence electrons. The molecule has 2 N–H and O–H groups in total. The van der Waals surface area contributed by atoms with Gasteiger partial charge in [-0.2, -0.15) is 0 Å². The molecule has 29 heavy (non-hydrogen) atoms. The second kappa shape index (κ2) is 11.4. The highest BCUT2D eigenvalue weighted by atomic mass is 32.2. The fourth-order valence-electron chi connectivity index (χ4n) is 2.97. The number of nitro groups is 1. The molecule has 0 amide bonds. The molecule has 0 bridgehead atoms. The molecule has 0 unspecified atom stereocenters. The molecule has 0 spiro atoms. The predicted molar refractivity (Wildman–Crippen MR) is 112 cm³/mol. The maximum Gasteiger partial charge on any atom is 0.293 e. The first-order valence-electron chi connectivity index (χ1n) is 9.76. The molecule has 1 aromatic carbocycles. The number of nitrogens with zero attached hydrogens (tertiary/aromatic N) is 3. The number of rotatable bonds is 12. The van der Waals surface area contributed by atoms with Gasteiger partial charge in [0.15, 0.2) is 0 Å². The fraction of sp³-hybridized carbons (Fsp3) is 0.667. The number of hydrogen-bond donors (Lipinski definition) is 2. The maximum absolute atomic E-state index is 12.4. The first kappa shape index (κ1) is 23.5. The Labute approximate surface area is 172 Å². The van der Waals surface area contributed by atoms with E-state index in [2.05, 4.69) is 14.9 Å². The minimum Gasteiger partial charge on any atom is -0.379 e. The van der Waals surface area contributed by atoms with Crippen LogP contribution in [0.15, 0.2) is 23.1 Å². The van der Waals surface area contributed by atoms with Gasteiger partial charge in [-0.05, 0) is 45.6 Å². The standard InChI is InChI=1S/C18H31N5O5S/c1-21(2)10-8-20-29(26,27)16-5-6-17(18(15-16)23(24)25)19-7-3-4-9-22-11-13-28-14-12-22/h5-6,15,19-20H,3-4,7-14H2,1-2H3. The smallest absolute Gasteiger partial charge is 0.293 e. The average molecular weight is 430 g/mol. The first-order valence-corrected chi connectivity index (χ1v) is 11.2. The van der Waals surface area contributed by atoms with Crippen LogP contribution in [0.3, 0.4) is 0 Å². The fourth-order valence-corrected chi connectivity index (χ4v) is 4.01. The number of nitrogens with one attached hydrogen (secondary N) is 2. The number of hydrogen-bond acceptors (Lipinski definition) is 8. The Bertz CT molecular complexity index is 766. The van der Waals surface area contributed by atoms with E-state index in [1.165, 1.54) is 12.1 Å². The van der Waals surface area contributed by atoms with Crippen molar-refractivity contribution < 1.29 is 18.1 Å². The van der Waals surface area contributed by atoms with Crippen molar-refractivity contribution in [2.75, 3.05) is 71.9 Å². The minimum absolute atomic E-state index is 0.110. The molecular formula is C18H31N5O5S. The third-order valence-corrected chi connectivity index (χ3v) is 6.11. The van der Waals surface area contributed by atoms with Crippen LogP contribution in [-0.4, -0.2) is 89.7 Å². The second-order valence-corrected chi connectivity index (χ2v) is 8.99. The van der Waals surface area contributed by atoms with Crippen molar-refractivity contribution in [1.29, 1.82) is 0 Å². The number of likely N-dealkylation sites (N-methyl/N-ethyl adjacent to an activating group) is 1. The largest absolute Gasteiger partial charge is 0.379 e. The molecule has 1 aliphatic rings. The quantitative estimate of drug-likeness (QED) is 0.287. The molecule has 2 rings (SSSR count). The first-order chi connectivity index (χ1) is 13.8. The summed E-state index contributed by atoms with van der Waals surface area (Å²) in [5.41, 5.74) is 0.0854. The van der Waals surface area contributed by atoms with E-state index in [1.54, 1.807) is 0 Å². The van der Waals surface area contributed by atoms with E-state index in [0.717, 1.165) is 51.8 Å². The Balaban J connectivity index is 1.90. The second-order valence-electron chi connectivity index (χ2n) is 7.23. The number of morpholine rings is 1. The van der Waals surface area contributed by atoms with Crippen molar-refractivity contribution in [1.82, 2.24) is 14.5 Å². The lowest BCUT2D eigenvalue weighted by Crippen LogP contribution is -2.36. The average Bonchev–Trinajstić information content (AvgIpc) is 2.68. The van der Waals surface area contributed by atoms with E-state index in [9.17, 15) is 18.5 Å². The Hall–Kier alpha value is -1.79. The van der Waals surface area contributed by atoms with Crippen molar-refractivity contribution in [3.05, 3.63) is 28.3 Å². The highest BCUT2D eigenvalue weighted by molar-refractivity contribution is 7.89. The number of anilines is 1. The molecule has 1 aromatic rings. The van der Waals surface area contributed by atoms with Crippen LogP contribution in [0.1, 0.15) is 12.8 Å². The summed E-state index contributed by atoms with van der Waals surface area (Å²) < 4.78 is 32.5. The van der Waals surface area contributed by atoms with E-state index in [4.69, 9.17) is 4.74 Å². The van der Waals surface area contributed by atoms with Gasteiger partial charge in [0, 0.05) is 38.8 Å². The summed E-state index contributed by atoms with van der Waals surface area (Å²) in [6.45, 7) is 5.74. The van der Waals surface area contributed by atoms with E-state index >= 15 is 0 Å². The van der Waals surface area contributed by atoms with E-state index in [-0.39, 0.29) is 17.1 Å². The Morgan fingerprint density at radius 2 is 1.93 bits per heavy atom. The maximum atomic E-state index is 12.4. The van der Waals surface area contributed by atoms with Crippen LogP contribution in [0, 0.1) is 10.1 Å². The van der Waals surface area contributed by atoms with Crippen molar-refractivity contribution >= 4 is 21.4 Å². The van der Waals surface area contributed by atoms with Crippen molar-refractivity contribution in [2.45, 2.75) is 17.7 Å². The van der Waals surface area contributed by atoms with Gasteiger partial charge < -0.3 is 15.0 Å². The zero-order valence-corrected chi connectivity index (χ0v) is 17.9. The molecule has 0 radical (unpaired) electrons. The number of sulfonamides is 1. The normalized spacial score (nSPS) is 15.6. The molecule has 1 saturated heterocycles. The Morgan fingerprint density at radius 3 is 2.59 bits per heavy atom. The number of unbranched alkanes of at least 4 members (excludes halogenated alkanes) is 1. The zero-order chi connectivity index (χ0) is 21.3. The van der Waals surface area contributed by atoms with Gasteiger partial charge in [0.1, 0.15) is 5.69 Å². The van der Waals surface area contributed by atoms with Crippen LogP contribution in [-0.2, 0) is 14.8 Å².